The van der Waals surface area contributed by atoms with Gasteiger partial charge >= 0.3 is 5.97 Å². The molecule has 0 aliphatic rings. The fourth-order valence-corrected chi connectivity index (χ4v) is 1.80. The third-order valence-corrected chi connectivity index (χ3v) is 2.82. The maximum Gasteiger partial charge on any atom is 0.348 e. The fraction of sp³-hybridized carbons (Fsp3) is 0.923. The van der Waals surface area contributed by atoms with Crippen molar-refractivity contribution in [3.63, 3.8) is 0 Å². The predicted molar refractivity (Wildman–Crippen MR) is 63.7 cm³/mol. The Labute approximate surface area is 98.5 Å². The second-order valence-electron chi connectivity index (χ2n) is 4.38. The first-order valence-electron chi connectivity index (χ1n) is 6.62. The van der Waals surface area contributed by atoms with Gasteiger partial charge in [0.15, 0.2) is 0 Å². The molecular formula is C13H25FO2. The first-order valence-corrected chi connectivity index (χ1v) is 6.62. The lowest BCUT2D eigenvalue weighted by atomic mass is 10.1. The predicted octanol–water partition coefficient (Wildman–Crippen LogP) is 4.73. The Bertz CT molecular complexity index is 160. The van der Waals surface area contributed by atoms with Crippen LogP contribution in [0.2, 0.25) is 0 Å². The Balaban J connectivity index is 2.96. The molecule has 0 unspecified atom stereocenters. The molecule has 0 aromatic heterocycles. The molecule has 0 radical (unpaired) electrons. The summed E-state index contributed by atoms with van der Waals surface area (Å²) in [7, 11) is 0. The minimum atomic E-state index is -0.737. The summed E-state index contributed by atoms with van der Waals surface area (Å²) in [5.41, 5.74) is 0. The largest absolute Gasteiger partial charge is 0.348 e. The number of rotatable bonds is 11. The lowest BCUT2D eigenvalue weighted by Crippen LogP contribution is -1.96. The molecule has 0 N–H and O–H groups in total. The van der Waals surface area contributed by atoms with Crippen LogP contribution in [0.15, 0.2) is 0 Å². The van der Waals surface area contributed by atoms with Gasteiger partial charge in [0.1, 0.15) is 0 Å². The fourth-order valence-electron chi connectivity index (χ4n) is 1.80. The summed E-state index contributed by atoms with van der Waals surface area (Å²) in [6, 6.07) is 0. The molecule has 0 amide bonds. The Morgan fingerprint density at radius 2 is 1.31 bits per heavy atom. The van der Waals surface area contributed by atoms with Crippen molar-refractivity contribution in [1.29, 1.82) is 0 Å². The van der Waals surface area contributed by atoms with E-state index < -0.39 is 5.97 Å². The van der Waals surface area contributed by atoms with Crippen molar-refractivity contribution < 1.29 is 14.3 Å². The molecular weight excluding hydrogens is 207 g/mol. The Morgan fingerprint density at radius 1 is 0.875 bits per heavy atom. The van der Waals surface area contributed by atoms with Crippen LogP contribution >= 0.6 is 0 Å². The first-order chi connectivity index (χ1) is 7.81. The molecule has 0 aliphatic carbocycles. The van der Waals surface area contributed by atoms with E-state index in [1.165, 1.54) is 44.9 Å². The zero-order chi connectivity index (χ0) is 12.1. The molecule has 16 heavy (non-hydrogen) atoms. The van der Waals surface area contributed by atoms with Gasteiger partial charge in [-0.2, -0.15) is 0 Å². The van der Waals surface area contributed by atoms with E-state index in [2.05, 4.69) is 11.9 Å². The van der Waals surface area contributed by atoms with E-state index in [4.69, 9.17) is 0 Å². The monoisotopic (exact) mass is 232 g/mol. The van der Waals surface area contributed by atoms with Crippen LogP contribution in [0.1, 0.15) is 77.6 Å². The number of carbonyl (C=O) groups excluding carboxylic acids is 1. The summed E-state index contributed by atoms with van der Waals surface area (Å²) in [5, 5.41) is 0. The van der Waals surface area contributed by atoms with Crippen molar-refractivity contribution in [2.24, 2.45) is 0 Å². The standard InChI is InChI=1S/C13H25FO2/c1-2-3-4-5-6-7-8-9-10-11-12-13(15)16-14/h2-12H2,1H3. The Kier molecular flexibility index (Phi) is 12.0. The SMILES string of the molecule is CCCCCCCCCCCCC(=O)OF. The average Bonchev–Trinajstić information content (AvgIpc) is 2.31. The molecule has 0 atom stereocenters. The van der Waals surface area contributed by atoms with Crippen LogP contribution < -0.4 is 0 Å². The minimum absolute atomic E-state index is 0.215. The van der Waals surface area contributed by atoms with Gasteiger partial charge in [-0.25, -0.2) is 4.79 Å². The average molecular weight is 232 g/mol. The van der Waals surface area contributed by atoms with Gasteiger partial charge in [0, 0.05) is 10.9 Å². The second-order valence-corrected chi connectivity index (χ2v) is 4.38. The highest BCUT2D eigenvalue weighted by Gasteiger charge is 2.01. The number of hydrogen-bond donors (Lipinski definition) is 0. The molecule has 2 nitrogen and oxygen atoms in total. The topological polar surface area (TPSA) is 26.3 Å². The molecule has 0 saturated heterocycles. The van der Waals surface area contributed by atoms with Gasteiger partial charge in [-0.3, -0.25) is 4.94 Å². The number of halogens is 1. The van der Waals surface area contributed by atoms with Crippen molar-refractivity contribution in [2.45, 2.75) is 77.6 Å². The highest BCUT2D eigenvalue weighted by Crippen LogP contribution is 2.11. The molecule has 0 fully saturated rings. The van der Waals surface area contributed by atoms with Gasteiger partial charge in [-0.15, -0.1) is 0 Å². The van der Waals surface area contributed by atoms with Crippen LogP contribution in [-0.2, 0) is 9.74 Å². The van der Waals surface area contributed by atoms with E-state index in [9.17, 15) is 9.32 Å². The van der Waals surface area contributed by atoms with Crippen molar-refractivity contribution in [1.82, 2.24) is 0 Å². The Morgan fingerprint density at radius 3 is 1.75 bits per heavy atom. The van der Waals surface area contributed by atoms with Crippen molar-refractivity contribution in [3.8, 4) is 0 Å². The van der Waals surface area contributed by atoms with Crippen LogP contribution in [-0.4, -0.2) is 5.97 Å². The normalized spacial score (nSPS) is 10.4. The van der Waals surface area contributed by atoms with E-state index in [1.54, 1.807) is 0 Å². The second kappa shape index (κ2) is 12.5. The first kappa shape index (κ1) is 15.4. The maximum atomic E-state index is 11.3. The number of unbranched alkanes of at least 4 members (excludes halogenated alkanes) is 9. The highest BCUT2D eigenvalue weighted by atomic mass is 19.3. The maximum absolute atomic E-state index is 11.3. The van der Waals surface area contributed by atoms with Gasteiger partial charge in [-0.05, 0) is 6.42 Å². The molecule has 3 heteroatoms. The van der Waals surface area contributed by atoms with Crippen molar-refractivity contribution in [2.75, 3.05) is 0 Å². The summed E-state index contributed by atoms with van der Waals surface area (Å²) in [6.45, 7) is 2.22. The summed E-state index contributed by atoms with van der Waals surface area (Å²) >= 11 is 0. The molecule has 96 valence electrons. The van der Waals surface area contributed by atoms with Crippen LogP contribution in [0.25, 0.3) is 0 Å². The molecule has 0 aromatic rings. The lowest BCUT2D eigenvalue weighted by molar-refractivity contribution is -0.183. The third kappa shape index (κ3) is 11.5. The zero-order valence-electron chi connectivity index (χ0n) is 10.5. The van der Waals surface area contributed by atoms with Gasteiger partial charge in [0.25, 0.3) is 0 Å². The quantitative estimate of drug-likeness (QED) is 0.481. The zero-order valence-corrected chi connectivity index (χ0v) is 10.5. The molecule has 0 rings (SSSR count). The summed E-state index contributed by atoms with van der Waals surface area (Å²) < 4.78 is 11.3. The van der Waals surface area contributed by atoms with Crippen LogP contribution in [0.3, 0.4) is 0 Å². The van der Waals surface area contributed by atoms with Crippen molar-refractivity contribution >= 4 is 5.97 Å². The summed E-state index contributed by atoms with van der Waals surface area (Å²) in [6.07, 6.45) is 12.3. The smallest absolute Gasteiger partial charge is 0.255 e. The van der Waals surface area contributed by atoms with E-state index >= 15 is 0 Å². The number of hydrogen-bond acceptors (Lipinski definition) is 2. The third-order valence-electron chi connectivity index (χ3n) is 2.82. The summed E-state index contributed by atoms with van der Waals surface area (Å²) in [4.78, 5) is 13.5. The van der Waals surface area contributed by atoms with Crippen LogP contribution in [0.4, 0.5) is 4.53 Å². The summed E-state index contributed by atoms with van der Waals surface area (Å²) in [5.74, 6) is -0.737. The van der Waals surface area contributed by atoms with Crippen molar-refractivity contribution in [3.05, 3.63) is 0 Å². The molecule has 0 aromatic carbocycles. The van der Waals surface area contributed by atoms with Gasteiger partial charge < -0.3 is 0 Å². The van der Waals surface area contributed by atoms with Gasteiger partial charge in [-0.1, -0.05) is 64.7 Å². The van der Waals surface area contributed by atoms with E-state index in [1.807, 2.05) is 0 Å². The molecule has 0 bridgehead atoms. The molecule has 0 heterocycles. The lowest BCUT2D eigenvalue weighted by Gasteiger charge is -2.01. The van der Waals surface area contributed by atoms with E-state index in [-0.39, 0.29) is 6.42 Å². The molecule has 0 saturated carbocycles. The minimum Gasteiger partial charge on any atom is -0.255 e. The van der Waals surface area contributed by atoms with E-state index in [0.29, 0.717) is 0 Å². The van der Waals surface area contributed by atoms with Gasteiger partial charge in [0.2, 0.25) is 0 Å². The van der Waals surface area contributed by atoms with Gasteiger partial charge in [0.05, 0.1) is 0 Å². The molecule has 0 spiro atoms. The van der Waals surface area contributed by atoms with E-state index in [0.717, 1.165) is 19.3 Å². The highest BCUT2D eigenvalue weighted by molar-refractivity contribution is 5.68. The molecule has 0 aliphatic heterocycles. The van der Waals surface area contributed by atoms with Crippen LogP contribution in [0.5, 0.6) is 0 Å². The number of carbonyl (C=O) groups is 1. The Hall–Kier alpha value is -0.600. The van der Waals surface area contributed by atoms with Crippen LogP contribution in [0, 0.1) is 0 Å².